The summed E-state index contributed by atoms with van der Waals surface area (Å²) in [5.41, 5.74) is 3.47. The van der Waals surface area contributed by atoms with Gasteiger partial charge < -0.3 is 10.2 Å². The number of carbonyl (C=O) groups is 2. The van der Waals surface area contributed by atoms with E-state index >= 15 is 0 Å². The first kappa shape index (κ1) is 18.9. The fraction of sp³-hybridized carbons (Fsp3) is 0.238. The quantitative estimate of drug-likeness (QED) is 0.724. The van der Waals surface area contributed by atoms with E-state index < -0.39 is 0 Å². The predicted molar refractivity (Wildman–Crippen MR) is 110 cm³/mol. The van der Waals surface area contributed by atoms with Gasteiger partial charge in [0.15, 0.2) is 0 Å². The van der Waals surface area contributed by atoms with Gasteiger partial charge in [-0.2, -0.15) is 10.4 Å². The molecule has 0 saturated carbocycles. The summed E-state index contributed by atoms with van der Waals surface area (Å²) in [5, 5.41) is 17.4. The van der Waals surface area contributed by atoms with E-state index in [9.17, 15) is 14.9 Å². The van der Waals surface area contributed by atoms with Crippen LogP contribution in [0.3, 0.4) is 0 Å². The molecule has 0 atom stereocenters. The zero-order valence-electron chi connectivity index (χ0n) is 16.1. The van der Waals surface area contributed by atoms with Gasteiger partial charge in [-0.3, -0.25) is 9.59 Å². The number of carbonyl (C=O) groups excluding carboxylic acids is 2. The smallest absolute Gasteiger partial charge is 0.259 e. The Hall–Kier alpha value is -3.44. The third kappa shape index (κ3) is 3.41. The van der Waals surface area contributed by atoms with Crippen molar-refractivity contribution in [2.24, 2.45) is 0 Å². The molecule has 7 nitrogen and oxygen atoms in total. The Kier molecular flexibility index (Phi) is 4.91. The molecule has 29 heavy (non-hydrogen) atoms. The van der Waals surface area contributed by atoms with Gasteiger partial charge in [-0.15, -0.1) is 11.3 Å². The Bertz CT molecular complexity index is 1140. The van der Waals surface area contributed by atoms with Crippen LogP contribution in [0.2, 0.25) is 0 Å². The third-order valence-electron chi connectivity index (χ3n) is 5.10. The molecule has 1 N–H and O–H groups in total. The highest BCUT2D eigenvalue weighted by molar-refractivity contribution is 7.16. The van der Waals surface area contributed by atoms with E-state index in [-0.39, 0.29) is 11.8 Å². The number of aromatic nitrogens is 2. The second-order valence-electron chi connectivity index (χ2n) is 6.86. The van der Waals surface area contributed by atoms with Gasteiger partial charge in [0.25, 0.3) is 5.91 Å². The van der Waals surface area contributed by atoms with Gasteiger partial charge in [-0.1, -0.05) is 18.2 Å². The van der Waals surface area contributed by atoms with Crippen molar-refractivity contribution in [3.05, 3.63) is 63.8 Å². The van der Waals surface area contributed by atoms with Crippen LogP contribution >= 0.6 is 11.3 Å². The summed E-state index contributed by atoms with van der Waals surface area (Å²) >= 11 is 1.36. The number of nitrogens with one attached hydrogen (secondary N) is 1. The van der Waals surface area contributed by atoms with Crippen LogP contribution in [-0.4, -0.2) is 33.0 Å². The number of anilines is 1. The molecule has 0 saturated heterocycles. The van der Waals surface area contributed by atoms with Gasteiger partial charge in [0.05, 0.1) is 35.2 Å². The van der Waals surface area contributed by atoms with E-state index in [1.165, 1.54) is 17.5 Å². The molecule has 2 aromatic heterocycles. The van der Waals surface area contributed by atoms with Gasteiger partial charge in [0.2, 0.25) is 5.91 Å². The minimum Gasteiger partial charge on any atom is -0.337 e. The van der Waals surface area contributed by atoms with Crippen molar-refractivity contribution in [1.29, 1.82) is 5.26 Å². The number of hydrogen-bond donors (Lipinski definition) is 1. The zero-order valence-corrected chi connectivity index (χ0v) is 16.9. The number of fused-ring (bicyclic) bond motifs is 1. The summed E-state index contributed by atoms with van der Waals surface area (Å²) in [6, 6.07) is 11.8. The van der Waals surface area contributed by atoms with Gasteiger partial charge in [-0.25, -0.2) is 4.68 Å². The van der Waals surface area contributed by atoms with Crippen molar-refractivity contribution in [2.75, 3.05) is 11.9 Å². The summed E-state index contributed by atoms with van der Waals surface area (Å²) in [6.45, 7) is 4.44. The number of nitrogens with zero attached hydrogens (tertiary/aromatic N) is 4. The molecule has 1 aliphatic rings. The van der Waals surface area contributed by atoms with Gasteiger partial charge in [0, 0.05) is 18.3 Å². The van der Waals surface area contributed by atoms with Crippen LogP contribution in [0, 0.1) is 18.3 Å². The predicted octanol–water partition coefficient (Wildman–Crippen LogP) is 3.27. The fourth-order valence-electron chi connectivity index (χ4n) is 3.51. The molecule has 3 aromatic rings. The van der Waals surface area contributed by atoms with Crippen molar-refractivity contribution in [1.82, 2.24) is 14.7 Å². The Balaban J connectivity index is 1.61. The molecule has 0 bridgehead atoms. The molecule has 0 fully saturated rings. The van der Waals surface area contributed by atoms with E-state index in [0.717, 1.165) is 21.8 Å². The van der Waals surface area contributed by atoms with Crippen LogP contribution < -0.4 is 5.32 Å². The van der Waals surface area contributed by atoms with E-state index in [1.54, 1.807) is 16.5 Å². The first-order valence-corrected chi connectivity index (χ1v) is 10.0. The summed E-state index contributed by atoms with van der Waals surface area (Å²) in [6.07, 6.45) is 2.16. The number of rotatable bonds is 3. The van der Waals surface area contributed by atoms with E-state index in [0.29, 0.717) is 35.6 Å². The lowest BCUT2D eigenvalue weighted by Crippen LogP contribution is -2.33. The molecule has 1 aromatic carbocycles. The second-order valence-corrected chi connectivity index (χ2v) is 7.96. The number of para-hydroxylation sites is 1. The number of hydrogen-bond acceptors (Lipinski definition) is 5. The fourth-order valence-corrected chi connectivity index (χ4v) is 4.72. The first-order valence-electron chi connectivity index (χ1n) is 9.21. The van der Waals surface area contributed by atoms with E-state index in [4.69, 9.17) is 0 Å². The third-order valence-corrected chi connectivity index (χ3v) is 6.23. The summed E-state index contributed by atoms with van der Waals surface area (Å²) in [5.74, 6) is -0.291. The normalized spacial score (nSPS) is 12.9. The van der Waals surface area contributed by atoms with Crippen LogP contribution in [0.15, 0.2) is 36.5 Å². The summed E-state index contributed by atoms with van der Waals surface area (Å²) in [4.78, 5) is 27.3. The van der Waals surface area contributed by atoms with Gasteiger partial charge >= 0.3 is 0 Å². The Morgan fingerprint density at radius 3 is 2.72 bits per heavy atom. The maximum Gasteiger partial charge on any atom is 0.259 e. The van der Waals surface area contributed by atoms with Crippen molar-refractivity contribution in [3.63, 3.8) is 0 Å². The zero-order chi connectivity index (χ0) is 20.5. The van der Waals surface area contributed by atoms with E-state index in [1.807, 2.05) is 37.3 Å². The van der Waals surface area contributed by atoms with E-state index in [2.05, 4.69) is 16.5 Å². The lowest BCUT2D eigenvalue weighted by molar-refractivity contribution is -0.129. The molecule has 3 heterocycles. The average molecular weight is 405 g/mol. The van der Waals surface area contributed by atoms with Gasteiger partial charge in [-0.05, 0) is 31.0 Å². The van der Waals surface area contributed by atoms with Crippen LogP contribution in [0.25, 0.3) is 5.69 Å². The van der Waals surface area contributed by atoms with Gasteiger partial charge in [0.1, 0.15) is 11.1 Å². The molecule has 1 aliphatic heterocycles. The lowest BCUT2D eigenvalue weighted by atomic mass is 10.0. The minimum absolute atomic E-state index is 0.0112. The van der Waals surface area contributed by atoms with Crippen LogP contribution in [0.5, 0.6) is 0 Å². The summed E-state index contributed by atoms with van der Waals surface area (Å²) < 4.78 is 1.71. The molecule has 0 unspecified atom stereocenters. The van der Waals surface area contributed by atoms with Crippen LogP contribution in [0.4, 0.5) is 5.00 Å². The minimum atomic E-state index is -0.303. The largest absolute Gasteiger partial charge is 0.337 e. The Labute approximate surface area is 172 Å². The molecule has 146 valence electrons. The molecular formula is C21H19N5O2S. The number of amides is 2. The maximum absolute atomic E-state index is 12.9. The van der Waals surface area contributed by atoms with Crippen LogP contribution in [-0.2, 0) is 17.8 Å². The number of thiophene rings is 1. The molecular weight excluding hydrogens is 386 g/mol. The Morgan fingerprint density at radius 2 is 2.03 bits per heavy atom. The molecule has 0 aliphatic carbocycles. The highest BCUT2D eigenvalue weighted by Gasteiger charge is 2.27. The number of nitriles is 1. The molecule has 0 spiro atoms. The highest BCUT2D eigenvalue weighted by atomic mass is 32.1. The molecule has 8 heteroatoms. The topological polar surface area (TPSA) is 91.0 Å². The second kappa shape index (κ2) is 7.53. The first-order chi connectivity index (χ1) is 14.0. The lowest BCUT2D eigenvalue weighted by Gasteiger charge is -2.25. The molecule has 4 rings (SSSR count). The Morgan fingerprint density at radius 1 is 1.28 bits per heavy atom. The van der Waals surface area contributed by atoms with Crippen molar-refractivity contribution in [2.45, 2.75) is 26.8 Å². The SMILES string of the molecule is CC(=O)N1CCc2c(sc(NC(=O)c3cnn(-c4ccccc4)c3C)c2C#N)C1. The van der Waals surface area contributed by atoms with Crippen molar-refractivity contribution in [3.8, 4) is 11.8 Å². The average Bonchev–Trinajstić information content (AvgIpc) is 3.27. The van der Waals surface area contributed by atoms with Crippen molar-refractivity contribution >= 4 is 28.2 Å². The maximum atomic E-state index is 12.9. The highest BCUT2D eigenvalue weighted by Crippen LogP contribution is 2.37. The monoisotopic (exact) mass is 405 g/mol. The van der Waals surface area contributed by atoms with Crippen LogP contribution in [0.1, 0.15) is 39.0 Å². The standard InChI is InChI=1S/C21H19N5O2S/c1-13-18(11-23-26(13)15-6-4-3-5-7-15)20(28)24-21-17(10-22)16-8-9-25(14(2)27)12-19(16)29-21/h3-7,11H,8-9,12H2,1-2H3,(H,24,28). The molecule has 2 amide bonds. The summed E-state index contributed by atoms with van der Waals surface area (Å²) in [7, 11) is 0. The van der Waals surface area contributed by atoms with Crippen molar-refractivity contribution < 1.29 is 9.59 Å². The molecule has 0 radical (unpaired) electrons. The number of benzene rings is 1.